The summed E-state index contributed by atoms with van der Waals surface area (Å²) in [6.07, 6.45) is 2.81. The monoisotopic (exact) mass is 298 g/mol. The van der Waals surface area contributed by atoms with Gasteiger partial charge in [0.2, 0.25) is 0 Å². The van der Waals surface area contributed by atoms with E-state index in [-0.39, 0.29) is 11.0 Å². The van der Waals surface area contributed by atoms with Crippen molar-refractivity contribution in [1.82, 2.24) is 4.90 Å². The highest BCUT2D eigenvalue weighted by molar-refractivity contribution is 8.00. The van der Waals surface area contributed by atoms with Gasteiger partial charge in [-0.05, 0) is 19.8 Å². The molecule has 3 aliphatic rings. The highest BCUT2D eigenvalue weighted by Crippen LogP contribution is 2.57. The number of nitrogens with two attached hydrogens (primary N) is 1. The fourth-order valence-electron chi connectivity index (χ4n) is 4.54. The minimum absolute atomic E-state index is 0.0753. The van der Waals surface area contributed by atoms with Crippen LogP contribution in [0.2, 0.25) is 0 Å². The van der Waals surface area contributed by atoms with Crippen molar-refractivity contribution < 1.29 is 4.74 Å². The van der Waals surface area contributed by atoms with Crippen LogP contribution in [-0.4, -0.2) is 53.3 Å². The predicted octanol–water partition coefficient (Wildman–Crippen LogP) is 2.34. The van der Waals surface area contributed by atoms with Gasteiger partial charge in [-0.3, -0.25) is 4.90 Å². The highest BCUT2D eigenvalue weighted by Gasteiger charge is 2.66. The zero-order valence-corrected chi connectivity index (χ0v) is 14.2. The summed E-state index contributed by atoms with van der Waals surface area (Å²) < 4.78 is 6.02. The van der Waals surface area contributed by atoms with Crippen LogP contribution in [0.1, 0.15) is 40.5 Å². The van der Waals surface area contributed by atoms with Crippen molar-refractivity contribution >= 4 is 11.8 Å². The molecule has 0 aromatic carbocycles. The number of ether oxygens (including phenoxy) is 1. The van der Waals surface area contributed by atoms with Crippen molar-refractivity contribution in [2.45, 2.75) is 63.5 Å². The maximum atomic E-state index is 6.95. The number of hydrogen-bond acceptors (Lipinski definition) is 4. The van der Waals surface area contributed by atoms with E-state index in [1.165, 1.54) is 25.1 Å². The minimum Gasteiger partial charge on any atom is -0.377 e. The smallest absolute Gasteiger partial charge is 0.0690 e. The number of fused-ring (bicyclic) bond motifs is 1. The van der Waals surface area contributed by atoms with Gasteiger partial charge >= 0.3 is 0 Å². The molecule has 20 heavy (non-hydrogen) atoms. The van der Waals surface area contributed by atoms with Crippen LogP contribution in [0.25, 0.3) is 0 Å². The topological polar surface area (TPSA) is 38.5 Å². The Morgan fingerprint density at radius 3 is 2.85 bits per heavy atom. The average molecular weight is 298 g/mol. The quantitative estimate of drug-likeness (QED) is 0.849. The number of nitrogens with zero attached hydrogens (tertiary/aromatic N) is 1. The van der Waals surface area contributed by atoms with E-state index >= 15 is 0 Å². The molecule has 1 saturated carbocycles. The summed E-state index contributed by atoms with van der Waals surface area (Å²) in [6.45, 7) is 12.5. The molecular weight excluding hydrogens is 268 g/mol. The molecule has 2 aliphatic heterocycles. The molecule has 2 heterocycles. The van der Waals surface area contributed by atoms with Crippen LogP contribution < -0.4 is 5.73 Å². The van der Waals surface area contributed by atoms with Gasteiger partial charge in [0.15, 0.2) is 0 Å². The Kier molecular flexibility index (Phi) is 3.90. The van der Waals surface area contributed by atoms with Gasteiger partial charge in [-0.2, -0.15) is 11.8 Å². The third-order valence-electron chi connectivity index (χ3n) is 6.37. The second kappa shape index (κ2) is 5.15. The van der Waals surface area contributed by atoms with Crippen molar-refractivity contribution in [2.24, 2.45) is 17.1 Å². The van der Waals surface area contributed by atoms with Crippen molar-refractivity contribution in [3.05, 3.63) is 0 Å². The van der Waals surface area contributed by atoms with Gasteiger partial charge in [0, 0.05) is 53.6 Å². The third-order valence-corrected chi connectivity index (χ3v) is 7.71. The molecule has 3 rings (SSSR count). The van der Waals surface area contributed by atoms with Crippen LogP contribution in [0.5, 0.6) is 0 Å². The van der Waals surface area contributed by atoms with E-state index in [1.54, 1.807) is 0 Å². The number of thioether (sulfide) groups is 1. The lowest BCUT2D eigenvalue weighted by atomic mass is 9.46. The SMILES string of the molecule is CC1SCCN(CC2(N)C3CCCOC3C2(C)C)C1C. The van der Waals surface area contributed by atoms with Crippen LogP contribution in [0.3, 0.4) is 0 Å². The average Bonchev–Trinajstić information content (AvgIpc) is 2.44. The lowest BCUT2D eigenvalue weighted by Gasteiger charge is -2.68. The predicted molar refractivity (Wildman–Crippen MR) is 86.1 cm³/mol. The molecule has 3 nitrogen and oxygen atoms in total. The second-order valence-electron chi connectivity index (χ2n) is 7.59. The molecule has 0 bridgehead atoms. The molecule has 0 aromatic rings. The molecule has 0 aromatic heterocycles. The van der Waals surface area contributed by atoms with Gasteiger partial charge in [-0.25, -0.2) is 0 Å². The van der Waals surface area contributed by atoms with E-state index in [4.69, 9.17) is 10.5 Å². The molecule has 4 heteroatoms. The van der Waals surface area contributed by atoms with Gasteiger partial charge in [0.1, 0.15) is 0 Å². The maximum Gasteiger partial charge on any atom is 0.0690 e. The minimum atomic E-state index is -0.0753. The molecule has 0 amide bonds. The van der Waals surface area contributed by atoms with Gasteiger partial charge in [0.05, 0.1) is 6.10 Å². The van der Waals surface area contributed by atoms with Crippen LogP contribution in [-0.2, 0) is 4.74 Å². The second-order valence-corrected chi connectivity index (χ2v) is 9.07. The van der Waals surface area contributed by atoms with Gasteiger partial charge < -0.3 is 10.5 Å². The van der Waals surface area contributed by atoms with Crippen LogP contribution in [0.15, 0.2) is 0 Å². The third kappa shape index (κ3) is 2.06. The van der Waals surface area contributed by atoms with Crippen molar-refractivity contribution in [3.8, 4) is 0 Å². The Balaban J connectivity index is 1.75. The Morgan fingerprint density at radius 1 is 1.35 bits per heavy atom. The van der Waals surface area contributed by atoms with E-state index in [9.17, 15) is 0 Å². The first kappa shape index (κ1) is 15.1. The summed E-state index contributed by atoms with van der Waals surface area (Å²) in [5, 5.41) is 0.717. The Hall–Kier alpha value is 0.230. The zero-order valence-electron chi connectivity index (χ0n) is 13.4. The number of rotatable bonds is 2. The normalized spacial score (nSPS) is 48.5. The van der Waals surface area contributed by atoms with Gasteiger partial charge in [-0.15, -0.1) is 0 Å². The standard InChI is InChI=1S/C16H30N2OS/c1-11-12(2)20-9-7-18(11)10-16(17)13-6-5-8-19-14(13)15(16,3)4/h11-14H,5-10,17H2,1-4H3. The van der Waals surface area contributed by atoms with Crippen LogP contribution in [0, 0.1) is 11.3 Å². The molecule has 5 atom stereocenters. The van der Waals surface area contributed by atoms with Crippen molar-refractivity contribution in [3.63, 3.8) is 0 Å². The van der Waals surface area contributed by atoms with E-state index in [2.05, 4.69) is 44.4 Å². The van der Waals surface area contributed by atoms with Crippen molar-refractivity contribution in [2.75, 3.05) is 25.4 Å². The molecule has 2 N–H and O–H groups in total. The molecule has 0 radical (unpaired) electrons. The fraction of sp³-hybridized carbons (Fsp3) is 1.00. The Labute approximate surface area is 128 Å². The first-order chi connectivity index (χ1) is 9.38. The Bertz CT molecular complexity index is 375. The molecular formula is C16H30N2OS. The molecule has 116 valence electrons. The van der Waals surface area contributed by atoms with E-state index in [1.807, 2.05) is 0 Å². The summed E-state index contributed by atoms with van der Waals surface area (Å²) in [5.41, 5.74) is 6.97. The largest absolute Gasteiger partial charge is 0.377 e. The first-order valence-corrected chi connectivity index (χ1v) is 9.19. The van der Waals surface area contributed by atoms with Crippen molar-refractivity contribution in [1.29, 1.82) is 0 Å². The highest BCUT2D eigenvalue weighted by atomic mass is 32.2. The van der Waals surface area contributed by atoms with Gasteiger partial charge in [0.25, 0.3) is 0 Å². The van der Waals surface area contributed by atoms with E-state index < -0.39 is 0 Å². The summed E-state index contributed by atoms with van der Waals surface area (Å²) in [7, 11) is 0. The molecule has 1 aliphatic carbocycles. The van der Waals surface area contributed by atoms with E-state index in [0.717, 1.165) is 13.2 Å². The van der Waals surface area contributed by atoms with Crippen LogP contribution in [0.4, 0.5) is 0 Å². The maximum absolute atomic E-state index is 6.95. The summed E-state index contributed by atoms with van der Waals surface area (Å²) in [5.74, 6) is 1.80. The lowest BCUT2D eigenvalue weighted by Crippen LogP contribution is -2.81. The summed E-state index contributed by atoms with van der Waals surface area (Å²) >= 11 is 2.10. The summed E-state index contributed by atoms with van der Waals surface area (Å²) in [6, 6.07) is 0.633. The zero-order chi connectivity index (χ0) is 14.5. The fourth-order valence-corrected chi connectivity index (χ4v) is 5.70. The molecule has 3 fully saturated rings. The first-order valence-electron chi connectivity index (χ1n) is 8.14. The van der Waals surface area contributed by atoms with Gasteiger partial charge in [-0.1, -0.05) is 20.8 Å². The molecule has 5 unspecified atom stereocenters. The number of hydrogen-bond donors (Lipinski definition) is 1. The van der Waals surface area contributed by atoms with E-state index in [0.29, 0.717) is 23.3 Å². The molecule has 0 spiro atoms. The Morgan fingerprint density at radius 2 is 2.10 bits per heavy atom. The van der Waals surface area contributed by atoms with Crippen LogP contribution >= 0.6 is 11.8 Å². The molecule has 2 saturated heterocycles. The summed E-state index contributed by atoms with van der Waals surface area (Å²) in [4.78, 5) is 2.63. The lowest BCUT2D eigenvalue weighted by molar-refractivity contribution is -0.233.